The molecule has 0 fully saturated rings. The molecule has 0 aliphatic carbocycles. The van der Waals surface area contributed by atoms with E-state index in [1.165, 1.54) is 14.2 Å². The highest BCUT2D eigenvalue weighted by molar-refractivity contribution is 6.33. The van der Waals surface area contributed by atoms with Gasteiger partial charge >= 0.3 is 23.1 Å². The number of alkyl halides is 1. The Morgan fingerprint density at radius 3 is 1.93 bits per heavy atom. The van der Waals surface area contributed by atoms with Gasteiger partial charge in [-0.2, -0.15) is 0 Å². The maximum absolute atomic E-state index is 5.94. The maximum Gasteiger partial charge on any atom is 0.316 e. The normalized spacial score (nSPS) is 9.07. The van der Waals surface area contributed by atoms with Crippen molar-refractivity contribution in [2.75, 3.05) is 20.3 Å². The molecule has 15 heavy (non-hydrogen) atoms. The second-order valence-corrected chi connectivity index (χ2v) is 2.99. The monoisotopic (exact) mass is 262 g/mol. The molecule has 0 unspecified atom stereocenters. The van der Waals surface area contributed by atoms with Crippen molar-refractivity contribution in [2.24, 2.45) is 0 Å². The van der Waals surface area contributed by atoms with Gasteiger partial charge in [-0.05, 0) is 0 Å². The van der Waals surface area contributed by atoms with Gasteiger partial charge in [0.25, 0.3) is 0 Å². The van der Waals surface area contributed by atoms with Crippen LogP contribution in [0.25, 0.3) is 0 Å². The fourth-order valence-electron chi connectivity index (χ4n) is 0.992. The van der Waals surface area contributed by atoms with Crippen LogP contribution in [0.2, 0.25) is 5.02 Å². The third kappa shape index (κ3) is 3.79. The van der Waals surface area contributed by atoms with Crippen LogP contribution in [0.1, 0.15) is 0 Å². The summed E-state index contributed by atoms with van der Waals surface area (Å²) >= 11 is 11.4. The Labute approximate surface area is 115 Å². The van der Waals surface area contributed by atoms with Crippen molar-refractivity contribution >= 4 is 46.3 Å². The quantitative estimate of drug-likeness (QED) is 0.614. The summed E-state index contributed by atoms with van der Waals surface area (Å²) in [6.45, 7) is 0. The number of methoxy groups -OCH3 is 2. The van der Waals surface area contributed by atoms with Gasteiger partial charge in [0.15, 0.2) is 6.07 Å². The van der Waals surface area contributed by atoms with Crippen LogP contribution in [-0.4, -0.2) is 43.3 Å². The molecule has 0 bridgehead atoms. The summed E-state index contributed by atoms with van der Waals surface area (Å²) in [5, 5.41) is 0.414. The zero-order valence-electron chi connectivity index (χ0n) is 7.84. The highest BCUT2D eigenvalue weighted by Crippen LogP contribution is 2.37. The predicted octanol–water partition coefficient (Wildman–Crippen LogP) is 2.02. The van der Waals surface area contributed by atoms with Gasteiger partial charge in [0, 0.05) is 12.1 Å². The molecule has 0 aromatic heterocycles. The Balaban J connectivity index is 0.00000196. The number of hydrogen-bond acceptors (Lipinski definition) is 3. The number of ether oxygens (including phenoxy) is 3. The van der Waals surface area contributed by atoms with Crippen LogP contribution in [0.4, 0.5) is 0 Å². The van der Waals surface area contributed by atoms with Crippen LogP contribution in [0.15, 0.2) is 12.1 Å². The summed E-state index contributed by atoms with van der Waals surface area (Å²) in [7, 11) is 3.04. The average molecular weight is 263 g/mol. The van der Waals surface area contributed by atoms with E-state index >= 15 is 0 Å². The molecule has 0 heterocycles. The predicted molar refractivity (Wildman–Crippen MR) is 64.4 cm³/mol. The molecule has 0 radical (unpaired) electrons. The first-order chi connectivity index (χ1) is 6.72. The van der Waals surface area contributed by atoms with Gasteiger partial charge in [-0.1, -0.05) is 23.2 Å². The van der Waals surface area contributed by atoms with Crippen LogP contribution >= 0.6 is 23.2 Å². The molecule has 0 amide bonds. The highest BCUT2D eigenvalue weighted by Gasteiger charge is 2.10. The zero-order chi connectivity index (χ0) is 10.6. The standard InChI is InChI=1S/C9H10Cl2O3.Mg.2H/c1-12-7-3-6(14-5-10)4-8(13-2)9(7)11;;;/h3-4H,5H2,1-2H3;;;. The van der Waals surface area contributed by atoms with Crippen molar-refractivity contribution < 1.29 is 14.2 Å². The summed E-state index contributed by atoms with van der Waals surface area (Å²) in [5.41, 5.74) is 0. The summed E-state index contributed by atoms with van der Waals surface area (Å²) in [6, 6.07) is 3.36. The lowest BCUT2D eigenvalue weighted by Crippen LogP contribution is -1.94. The Kier molecular flexibility index (Phi) is 7.26. The van der Waals surface area contributed by atoms with Crippen molar-refractivity contribution in [2.45, 2.75) is 0 Å². The first-order valence-electron chi connectivity index (χ1n) is 3.83. The lowest BCUT2D eigenvalue weighted by molar-refractivity contribution is 0.364. The average Bonchev–Trinajstić information content (AvgIpc) is 2.20. The van der Waals surface area contributed by atoms with E-state index in [9.17, 15) is 0 Å². The van der Waals surface area contributed by atoms with Crippen LogP contribution < -0.4 is 14.2 Å². The number of hydrogen-bond donors (Lipinski definition) is 0. The maximum atomic E-state index is 5.94. The van der Waals surface area contributed by atoms with E-state index in [0.717, 1.165) is 0 Å². The van der Waals surface area contributed by atoms with Crippen molar-refractivity contribution in [3.63, 3.8) is 0 Å². The van der Waals surface area contributed by atoms with Crippen molar-refractivity contribution in [1.29, 1.82) is 0 Å². The molecular formula is C9H12Cl2MgO3. The van der Waals surface area contributed by atoms with Crippen molar-refractivity contribution in [1.82, 2.24) is 0 Å². The third-order valence-corrected chi connectivity index (χ3v) is 2.12. The molecule has 0 spiro atoms. The summed E-state index contributed by atoms with van der Waals surface area (Å²) < 4.78 is 15.2. The number of halogens is 2. The molecule has 1 rings (SSSR count). The molecule has 3 nitrogen and oxygen atoms in total. The molecule has 1 aromatic rings. The summed E-state index contributed by atoms with van der Waals surface area (Å²) in [6.07, 6.45) is 0. The largest absolute Gasteiger partial charge is 0.495 e. The van der Waals surface area contributed by atoms with Crippen molar-refractivity contribution in [3.05, 3.63) is 17.2 Å². The van der Waals surface area contributed by atoms with E-state index < -0.39 is 0 Å². The molecule has 0 N–H and O–H groups in total. The Morgan fingerprint density at radius 2 is 1.60 bits per heavy atom. The Morgan fingerprint density at radius 1 is 1.13 bits per heavy atom. The molecule has 82 valence electrons. The van der Waals surface area contributed by atoms with Gasteiger partial charge in [0.2, 0.25) is 0 Å². The smallest absolute Gasteiger partial charge is 0.316 e. The molecular weight excluding hydrogens is 251 g/mol. The second-order valence-electron chi connectivity index (χ2n) is 2.40. The highest BCUT2D eigenvalue weighted by atomic mass is 35.5. The third-order valence-electron chi connectivity index (χ3n) is 1.64. The van der Waals surface area contributed by atoms with Crippen LogP contribution in [0, 0.1) is 0 Å². The van der Waals surface area contributed by atoms with Crippen LogP contribution in [0.5, 0.6) is 17.2 Å². The SMILES string of the molecule is COc1cc(OCCl)cc(OC)c1Cl.[MgH2]. The van der Waals surface area contributed by atoms with Gasteiger partial charge in [-0.25, -0.2) is 0 Å². The Bertz CT molecular complexity index is 295. The van der Waals surface area contributed by atoms with Crippen LogP contribution in [-0.2, 0) is 0 Å². The van der Waals surface area contributed by atoms with E-state index in [2.05, 4.69) is 0 Å². The van der Waals surface area contributed by atoms with Gasteiger partial charge in [0.05, 0.1) is 14.2 Å². The molecule has 1 aromatic carbocycles. The summed E-state index contributed by atoms with van der Waals surface area (Å²) in [5.74, 6) is 1.54. The fourth-order valence-corrected chi connectivity index (χ4v) is 1.38. The minimum Gasteiger partial charge on any atom is -0.495 e. The van der Waals surface area contributed by atoms with Crippen LogP contribution in [0.3, 0.4) is 0 Å². The minimum atomic E-state index is 0. The molecule has 0 saturated heterocycles. The van der Waals surface area contributed by atoms with E-state index in [-0.39, 0.29) is 29.1 Å². The molecule has 0 aliphatic rings. The fraction of sp³-hybridized carbons (Fsp3) is 0.333. The molecule has 0 atom stereocenters. The lowest BCUT2D eigenvalue weighted by Gasteiger charge is -2.10. The molecule has 0 saturated carbocycles. The lowest BCUT2D eigenvalue weighted by atomic mass is 10.3. The zero-order valence-corrected chi connectivity index (χ0v) is 9.35. The van der Waals surface area contributed by atoms with E-state index in [1.807, 2.05) is 0 Å². The van der Waals surface area contributed by atoms with Gasteiger partial charge < -0.3 is 14.2 Å². The van der Waals surface area contributed by atoms with Gasteiger partial charge in [0.1, 0.15) is 22.3 Å². The van der Waals surface area contributed by atoms with E-state index in [1.54, 1.807) is 12.1 Å². The number of rotatable bonds is 4. The minimum absolute atomic E-state index is 0. The van der Waals surface area contributed by atoms with Crippen molar-refractivity contribution in [3.8, 4) is 17.2 Å². The Hall–Kier alpha value is -0.0338. The van der Waals surface area contributed by atoms with E-state index in [4.69, 9.17) is 37.4 Å². The molecule has 6 heteroatoms. The number of benzene rings is 1. The van der Waals surface area contributed by atoms with Gasteiger partial charge in [-0.3, -0.25) is 0 Å². The second kappa shape index (κ2) is 7.27. The van der Waals surface area contributed by atoms with E-state index in [0.29, 0.717) is 22.3 Å². The first kappa shape index (κ1) is 15.0. The molecule has 0 aliphatic heterocycles. The topological polar surface area (TPSA) is 27.7 Å². The summed E-state index contributed by atoms with van der Waals surface area (Å²) in [4.78, 5) is 0. The van der Waals surface area contributed by atoms with Gasteiger partial charge in [-0.15, -0.1) is 0 Å². The first-order valence-corrected chi connectivity index (χ1v) is 4.74.